The fraction of sp³-hybridized carbons (Fsp3) is 0.333. The summed E-state index contributed by atoms with van der Waals surface area (Å²) in [6, 6.07) is 7.54. The van der Waals surface area contributed by atoms with E-state index in [2.05, 4.69) is 11.9 Å². The lowest BCUT2D eigenvalue weighted by Crippen LogP contribution is -2.21. The molecule has 0 heterocycles. The van der Waals surface area contributed by atoms with E-state index in [1.807, 2.05) is 24.3 Å². The van der Waals surface area contributed by atoms with Crippen LogP contribution in [0.1, 0.15) is 0 Å². The highest BCUT2D eigenvalue weighted by Crippen LogP contribution is 2.23. The van der Waals surface area contributed by atoms with Crippen molar-refractivity contribution in [2.45, 2.75) is 6.10 Å². The number of halogens is 1. The third-order valence-corrected chi connectivity index (χ3v) is 2.31. The second kappa shape index (κ2) is 7.14. The molecule has 0 radical (unpaired) electrons. The number of alkyl halides is 1. The summed E-state index contributed by atoms with van der Waals surface area (Å²) in [6.45, 7) is 4.45. The van der Waals surface area contributed by atoms with Crippen LogP contribution in [0.25, 0.3) is 0 Å². The van der Waals surface area contributed by atoms with Crippen molar-refractivity contribution in [1.82, 2.24) is 0 Å². The molecule has 1 atom stereocenters. The van der Waals surface area contributed by atoms with Gasteiger partial charge in [-0.1, -0.05) is 24.8 Å². The van der Waals surface area contributed by atoms with Gasteiger partial charge in [0.15, 0.2) is 0 Å². The first kappa shape index (κ1) is 12.9. The molecule has 0 amide bonds. The van der Waals surface area contributed by atoms with Crippen molar-refractivity contribution in [2.75, 3.05) is 24.3 Å². The highest BCUT2D eigenvalue weighted by atomic mass is 35.5. The Balaban J connectivity index is 2.59. The molecule has 1 unspecified atom stereocenters. The van der Waals surface area contributed by atoms with E-state index in [0.717, 1.165) is 11.4 Å². The molecule has 1 rings (SSSR count). The van der Waals surface area contributed by atoms with Gasteiger partial charge in [-0.3, -0.25) is 0 Å². The molecule has 0 aromatic heterocycles. The zero-order valence-electron chi connectivity index (χ0n) is 9.03. The monoisotopic (exact) mass is 241 g/mol. The van der Waals surface area contributed by atoms with Gasteiger partial charge in [0.05, 0.1) is 17.7 Å². The van der Waals surface area contributed by atoms with Crippen LogP contribution in [0.2, 0.25) is 0 Å². The van der Waals surface area contributed by atoms with Crippen LogP contribution in [0, 0.1) is 0 Å². The lowest BCUT2D eigenvalue weighted by Gasteiger charge is -2.13. The summed E-state index contributed by atoms with van der Waals surface area (Å²) in [5.41, 5.74) is 0.841. The Morgan fingerprint density at radius 1 is 1.50 bits per heavy atom. The normalized spacial score (nSPS) is 11.9. The summed E-state index contributed by atoms with van der Waals surface area (Å²) in [4.78, 5) is 0. The van der Waals surface area contributed by atoms with Gasteiger partial charge in [-0.25, -0.2) is 0 Å². The first-order chi connectivity index (χ1) is 7.77. The van der Waals surface area contributed by atoms with E-state index >= 15 is 0 Å². The number of benzene rings is 1. The van der Waals surface area contributed by atoms with Gasteiger partial charge in [0.1, 0.15) is 12.4 Å². The molecular weight excluding hydrogens is 226 g/mol. The molecule has 0 spiro atoms. The zero-order valence-corrected chi connectivity index (χ0v) is 9.78. The van der Waals surface area contributed by atoms with Gasteiger partial charge in [-0.05, 0) is 12.1 Å². The largest absolute Gasteiger partial charge is 0.487 e. The van der Waals surface area contributed by atoms with Gasteiger partial charge >= 0.3 is 0 Å². The van der Waals surface area contributed by atoms with Crippen LogP contribution in [0.4, 0.5) is 5.69 Å². The second-order valence-corrected chi connectivity index (χ2v) is 3.59. The molecule has 0 aliphatic heterocycles. The first-order valence-corrected chi connectivity index (χ1v) is 5.62. The average molecular weight is 242 g/mol. The summed E-state index contributed by atoms with van der Waals surface area (Å²) in [5, 5.41) is 12.4. The topological polar surface area (TPSA) is 41.5 Å². The highest BCUT2D eigenvalue weighted by molar-refractivity contribution is 6.18. The standard InChI is InChI=1S/C12H16ClNO2/c1-2-7-16-12-6-4-3-5-11(12)14-9-10(15)8-13/h2-6,10,14-15H,1,7-9H2. The SMILES string of the molecule is C=CCOc1ccccc1NCC(O)CCl. The van der Waals surface area contributed by atoms with E-state index in [1.54, 1.807) is 6.08 Å². The Hall–Kier alpha value is -1.19. The van der Waals surface area contributed by atoms with Gasteiger partial charge < -0.3 is 15.2 Å². The predicted octanol–water partition coefficient (Wildman–Crippen LogP) is 2.26. The maximum atomic E-state index is 9.33. The van der Waals surface area contributed by atoms with Crippen LogP contribution in [0.5, 0.6) is 5.75 Å². The number of aliphatic hydroxyl groups excluding tert-OH is 1. The zero-order chi connectivity index (χ0) is 11.8. The molecule has 2 N–H and O–H groups in total. The van der Waals surface area contributed by atoms with E-state index in [1.165, 1.54) is 0 Å². The molecule has 0 fully saturated rings. The summed E-state index contributed by atoms with van der Waals surface area (Å²) < 4.78 is 5.46. The van der Waals surface area contributed by atoms with Crippen LogP contribution < -0.4 is 10.1 Å². The molecule has 4 heteroatoms. The predicted molar refractivity (Wildman–Crippen MR) is 67.4 cm³/mol. The Labute approximate surface area is 101 Å². The first-order valence-electron chi connectivity index (χ1n) is 5.08. The van der Waals surface area contributed by atoms with E-state index in [4.69, 9.17) is 16.3 Å². The Morgan fingerprint density at radius 2 is 2.25 bits per heavy atom. The number of nitrogens with one attached hydrogen (secondary N) is 1. The minimum atomic E-state index is -0.561. The van der Waals surface area contributed by atoms with Crippen molar-refractivity contribution >= 4 is 17.3 Å². The van der Waals surface area contributed by atoms with Gasteiger partial charge in [0, 0.05) is 6.54 Å². The number of rotatable bonds is 7. The number of para-hydroxylation sites is 2. The summed E-state index contributed by atoms with van der Waals surface area (Å²) >= 11 is 5.51. The molecule has 0 saturated carbocycles. The molecule has 1 aromatic carbocycles. The van der Waals surface area contributed by atoms with Gasteiger partial charge in [-0.2, -0.15) is 0 Å². The van der Waals surface area contributed by atoms with Crippen molar-refractivity contribution in [3.05, 3.63) is 36.9 Å². The minimum Gasteiger partial charge on any atom is -0.487 e. The van der Waals surface area contributed by atoms with Gasteiger partial charge in [0.25, 0.3) is 0 Å². The third kappa shape index (κ3) is 4.13. The lowest BCUT2D eigenvalue weighted by molar-refractivity contribution is 0.211. The van der Waals surface area contributed by atoms with E-state index in [9.17, 15) is 5.11 Å². The number of hydrogen-bond donors (Lipinski definition) is 2. The number of anilines is 1. The fourth-order valence-electron chi connectivity index (χ4n) is 1.17. The highest BCUT2D eigenvalue weighted by Gasteiger charge is 2.05. The minimum absolute atomic E-state index is 0.211. The van der Waals surface area contributed by atoms with Crippen molar-refractivity contribution in [3.63, 3.8) is 0 Å². The Kier molecular flexibility index (Phi) is 5.75. The Morgan fingerprint density at radius 3 is 2.94 bits per heavy atom. The molecule has 0 aliphatic rings. The Bertz CT molecular complexity index is 331. The van der Waals surface area contributed by atoms with Crippen molar-refractivity contribution in [1.29, 1.82) is 0 Å². The molecule has 16 heavy (non-hydrogen) atoms. The molecule has 0 aliphatic carbocycles. The number of aliphatic hydroxyl groups is 1. The van der Waals surface area contributed by atoms with Crippen LogP contribution >= 0.6 is 11.6 Å². The van der Waals surface area contributed by atoms with Gasteiger partial charge in [0.2, 0.25) is 0 Å². The average Bonchev–Trinajstić information content (AvgIpc) is 2.34. The maximum absolute atomic E-state index is 9.33. The molecule has 1 aromatic rings. The number of ether oxygens (including phenoxy) is 1. The van der Waals surface area contributed by atoms with Crippen molar-refractivity contribution < 1.29 is 9.84 Å². The summed E-state index contributed by atoms with van der Waals surface area (Å²) in [5.74, 6) is 0.951. The fourth-order valence-corrected chi connectivity index (χ4v) is 1.28. The third-order valence-electron chi connectivity index (χ3n) is 1.95. The number of hydrogen-bond acceptors (Lipinski definition) is 3. The molecule has 0 bridgehead atoms. The van der Waals surface area contributed by atoms with E-state index < -0.39 is 6.10 Å². The summed E-state index contributed by atoms with van der Waals surface area (Å²) in [6.07, 6.45) is 1.12. The quantitative estimate of drug-likeness (QED) is 0.568. The molecule has 0 saturated heterocycles. The van der Waals surface area contributed by atoms with E-state index in [-0.39, 0.29) is 5.88 Å². The van der Waals surface area contributed by atoms with Crippen LogP contribution in [0.3, 0.4) is 0 Å². The molecular formula is C12H16ClNO2. The lowest BCUT2D eigenvalue weighted by atomic mass is 10.3. The van der Waals surface area contributed by atoms with Crippen molar-refractivity contribution in [2.24, 2.45) is 0 Å². The molecule has 88 valence electrons. The second-order valence-electron chi connectivity index (χ2n) is 3.28. The van der Waals surface area contributed by atoms with Crippen LogP contribution in [-0.2, 0) is 0 Å². The molecule has 3 nitrogen and oxygen atoms in total. The van der Waals surface area contributed by atoms with Crippen molar-refractivity contribution in [3.8, 4) is 5.75 Å². The van der Waals surface area contributed by atoms with E-state index in [0.29, 0.717) is 13.2 Å². The van der Waals surface area contributed by atoms with Crippen LogP contribution in [-0.4, -0.2) is 30.2 Å². The maximum Gasteiger partial charge on any atom is 0.142 e. The van der Waals surface area contributed by atoms with Gasteiger partial charge in [-0.15, -0.1) is 11.6 Å². The summed E-state index contributed by atoms with van der Waals surface area (Å²) in [7, 11) is 0. The smallest absolute Gasteiger partial charge is 0.142 e. The van der Waals surface area contributed by atoms with Crippen LogP contribution in [0.15, 0.2) is 36.9 Å².